The van der Waals surface area contributed by atoms with E-state index < -0.39 is 0 Å². The van der Waals surface area contributed by atoms with Gasteiger partial charge in [0.05, 0.1) is 0 Å². The Labute approximate surface area is 74.9 Å². The van der Waals surface area contributed by atoms with Crippen molar-refractivity contribution >= 4 is 11.8 Å². The van der Waals surface area contributed by atoms with Crippen molar-refractivity contribution in [1.82, 2.24) is 0 Å². The molecule has 1 saturated carbocycles. The smallest absolute Gasteiger partial charge is 0.171 e. The van der Waals surface area contributed by atoms with Crippen molar-refractivity contribution in [3.05, 3.63) is 35.4 Å². The lowest BCUT2D eigenvalue weighted by Gasteiger charge is -2.09. The van der Waals surface area contributed by atoms with Crippen molar-refractivity contribution in [2.24, 2.45) is 5.16 Å². The van der Waals surface area contributed by atoms with Crippen LogP contribution >= 0.6 is 0 Å². The number of hydrogen-bond donors (Lipinski definition) is 1. The Morgan fingerprint density at radius 1 is 1.31 bits per heavy atom. The van der Waals surface area contributed by atoms with E-state index in [-0.39, 0.29) is 6.10 Å². The molecular weight excluding hydrogens is 166 g/mol. The van der Waals surface area contributed by atoms with Crippen LogP contribution < -0.4 is 4.74 Å². The maximum absolute atomic E-state index is 8.58. The zero-order valence-electron chi connectivity index (χ0n) is 6.77. The molecule has 3 heteroatoms. The van der Waals surface area contributed by atoms with Gasteiger partial charge in [-0.25, -0.2) is 0 Å². The van der Waals surface area contributed by atoms with Gasteiger partial charge in [0.15, 0.2) is 6.10 Å². The molecule has 1 aromatic carbocycles. The minimum Gasteiger partial charge on any atom is -0.479 e. The van der Waals surface area contributed by atoms with Crippen LogP contribution in [0.1, 0.15) is 5.56 Å². The Kier molecular flexibility index (Phi) is 1.10. The molecule has 0 saturated heterocycles. The molecule has 3 rings (SSSR count). The summed E-state index contributed by atoms with van der Waals surface area (Å²) in [4.78, 5) is 0. The molecule has 1 heterocycles. The highest BCUT2D eigenvalue weighted by Gasteiger charge is 2.45. The summed E-state index contributed by atoms with van der Waals surface area (Å²) in [6, 6.07) is 7.77. The monoisotopic (exact) mass is 173 g/mol. The number of hydrogen-bond acceptors (Lipinski definition) is 3. The third kappa shape index (κ3) is 0.811. The predicted molar refractivity (Wildman–Crippen MR) is 48.1 cm³/mol. The van der Waals surface area contributed by atoms with E-state index in [1.54, 1.807) is 0 Å². The van der Waals surface area contributed by atoms with Gasteiger partial charge in [0.1, 0.15) is 11.5 Å². The van der Waals surface area contributed by atoms with Crippen LogP contribution in [0.4, 0.5) is 0 Å². The zero-order valence-corrected chi connectivity index (χ0v) is 6.77. The van der Waals surface area contributed by atoms with E-state index in [9.17, 15) is 0 Å². The average molecular weight is 173 g/mol. The van der Waals surface area contributed by atoms with Crippen LogP contribution in [-0.4, -0.2) is 17.0 Å². The maximum atomic E-state index is 8.58. The number of para-hydroxylation sites is 1. The number of ether oxygens (including phenoxy) is 1. The van der Waals surface area contributed by atoms with Crippen molar-refractivity contribution in [2.75, 3.05) is 0 Å². The molecule has 1 aliphatic heterocycles. The van der Waals surface area contributed by atoms with Gasteiger partial charge in [-0.05, 0) is 12.1 Å². The summed E-state index contributed by atoms with van der Waals surface area (Å²) in [7, 11) is 0. The number of nitrogens with zero attached hydrogens (tertiary/aromatic N) is 1. The summed E-state index contributed by atoms with van der Waals surface area (Å²) < 4.78 is 5.55. The zero-order chi connectivity index (χ0) is 8.84. The average Bonchev–Trinajstić information content (AvgIpc) is 2.86. The molecule has 0 amide bonds. The van der Waals surface area contributed by atoms with Crippen molar-refractivity contribution in [3.8, 4) is 5.75 Å². The Morgan fingerprint density at radius 3 is 3.00 bits per heavy atom. The fourth-order valence-electron chi connectivity index (χ4n) is 1.59. The second kappa shape index (κ2) is 2.13. The highest BCUT2D eigenvalue weighted by atomic mass is 16.5. The van der Waals surface area contributed by atoms with Crippen LogP contribution in [0.15, 0.2) is 35.0 Å². The first-order valence-electron chi connectivity index (χ1n) is 4.10. The first-order valence-corrected chi connectivity index (χ1v) is 4.10. The third-order valence-corrected chi connectivity index (χ3v) is 2.33. The SMILES string of the molecule is ON=C1C2=Cc3ccccc3OC21. The fraction of sp³-hybridized carbons (Fsp3) is 0.100. The first-order chi connectivity index (χ1) is 6.40. The van der Waals surface area contributed by atoms with Crippen molar-refractivity contribution < 1.29 is 9.94 Å². The van der Waals surface area contributed by atoms with E-state index in [1.807, 2.05) is 30.3 Å². The molecule has 2 aliphatic rings. The van der Waals surface area contributed by atoms with Gasteiger partial charge in [0.25, 0.3) is 0 Å². The maximum Gasteiger partial charge on any atom is 0.171 e. The summed E-state index contributed by atoms with van der Waals surface area (Å²) in [6.45, 7) is 0. The van der Waals surface area contributed by atoms with Gasteiger partial charge in [-0.2, -0.15) is 0 Å². The van der Waals surface area contributed by atoms with E-state index in [0.717, 1.165) is 16.9 Å². The van der Waals surface area contributed by atoms with Gasteiger partial charge in [0.2, 0.25) is 0 Å². The highest BCUT2D eigenvalue weighted by molar-refractivity contribution is 6.26. The molecule has 1 aromatic rings. The lowest BCUT2D eigenvalue weighted by Crippen LogP contribution is -2.03. The van der Waals surface area contributed by atoms with Crippen molar-refractivity contribution in [3.63, 3.8) is 0 Å². The van der Waals surface area contributed by atoms with Crippen LogP contribution in [-0.2, 0) is 0 Å². The Balaban J connectivity index is 2.11. The van der Waals surface area contributed by atoms with Crippen LogP contribution in [0.3, 0.4) is 0 Å². The minimum absolute atomic E-state index is 0.0973. The van der Waals surface area contributed by atoms with Gasteiger partial charge >= 0.3 is 0 Å². The molecule has 0 aromatic heterocycles. The summed E-state index contributed by atoms with van der Waals surface area (Å²) in [5, 5.41) is 11.7. The molecule has 3 nitrogen and oxygen atoms in total. The summed E-state index contributed by atoms with van der Waals surface area (Å²) in [5.41, 5.74) is 2.69. The Morgan fingerprint density at radius 2 is 2.15 bits per heavy atom. The van der Waals surface area contributed by atoms with Crippen LogP contribution in [0.2, 0.25) is 0 Å². The largest absolute Gasteiger partial charge is 0.479 e. The lowest BCUT2D eigenvalue weighted by atomic mass is 10.1. The van der Waals surface area contributed by atoms with E-state index in [0.29, 0.717) is 5.71 Å². The van der Waals surface area contributed by atoms with Gasteiger partial charge in [0, 0.05) is 11.1 Å². The fourth-order valence-corrected chi connectivity index (χ4v) is 1.59. The standard InChI is InChI=1S/C10H7NO2/c12-11-9-7-5-6-3-1-2-4-8(6)13-10(7)9/h1-5,10,12H. The molecule has 13 heavy (non-hydrogen) atoms. The highest BCUT2D eigenvalue weighted by Crippen LogP contribution is 2.39. The molecular formula is C10H7NO2. The normalized spacial score (nSPS) is 25.7. The number of rotatable bonds is 0. The lowest BCUT2D eigenvalue weighted by molar-refractivity contribution is 0.307. The van der Waals surface area contributed by atoms with E-state index in [2.05, 4.69) is 5.16 Å². The van der Waals surface area contributed by atoms with Crippen LogP contribution in [0, 0.1) is 0 Å². The third-order valence-electron chi connectivity index (χ3n) is 2.33. The Bertz CT molecular complexity index is 434. The summed E-state index contributed by atoms with van der Waals surface area (Å²) >= 11 is 0. The van der Waals surface area contributed by atoms with Gasteiger partial charge in [-0.3, -0.25) is 0 Å². The molecule has 64 valence electrons. The molecule has 1 unspecified atom stereocenters. The van der Waals surface area contributed by atoms with E-state index >= 15 is 0 Å². The van der Waals surface area contributed by atoms with Crippen molar-refractivity contribution in [1.29, 1.82) is 0 Å². The van der Waals surface area contributed by atoms with Crippen LogP contribution in [0.25, 0.3) is 6.08 Å². The molecule has 1 aliphatic carbocycles. The molecule has 1 fully saturated rings. The van der Waals surface area contributed by atoms with Gasteiger partial charge in [-0.1, -0.05) is 23.4 Å². The number of benzene rings is 1. The topological polar surface area (TPSA) is 41.8 Å². The van der Waals surface area contributed by atoms with E-state index in [4.69, 9.17) is 9.94 Å². The number of fused-ring (bicyclic) bond motifs is 2. The molecule has 1 atom stereocenters. The molecule has 0 spiro atoms. The molecule has 0 radical (unpaired) electrons. The quantitative estimate of drug-likeness (QED) is 0.479. The summed E-state index contributed by atoms with van der Waals surface area (Å²) in [5.74, 6) is 0.856. The van der Waals surface area contributed by atoms with Crippen molar-refractivity contribution in [2.45, 2.75) is 6.10 Å². The second-order valence-electron chi connectivity index (χ2n) is 3.12. The number of oxime groups is 1. The second-order valence-corrected chi connectivity index (χ2v) is 3.12. The van der Waals surface area contributed by atoms with Crippen LogP contribution in [0.5, 0.6) is 5.75 Å². The van der Waals surface area contributed by atoms with Gasteiger partial charge < -0.3 is 9.94 Å². The first kappa shape index (κ1) is 6.71. The van der Waals surface area contributed by atoms with Gasteiger partial charge in [-0.15, -0.1) is 0 Å². The predicted octanol–water partition coefficient (Wildman–Crippen LogP) is 1.67. The minimum atomic E-state index is -0.0973. The molecule has 0 bridgehead atoms. The van der Waals surface area contributed by atoms with E-state index in [1.165, 1.54) is 0 Å². The molecule has 1 N–H and O–H groups in total. The Hall–Kier alpha value is -1.77. The summed E-state index contributed by atoms with van der Waals surface area (Å²) in [6.07, 6.45) is 1.90.